The van der Waals surface area contributed by atoms with Gasteiger partial charge in [0, 0.05) is 3.57 Å². The third-order valence-electron chi connectivity index (χ3n) is 0.948. The highest BCUT2D eigenvalue weighted by molar-refractivity contribution is 14.2. The van der Waals surface area contributed by atoms with Crippen LogP contribution in [0.4, 0.5) is 13.2 Å². The van der Waals surface area contributed by atoms with Gasteiger partial charge in [-0.3, -0.25) is 0 Å². The lowest BCUT2D eigenvalue weighted by molar-refractivity contribution is -0.254. The molecule has 0 aromatic heterocycles. The highest BCUT2D eigenvalue weighted by atomic mass is 127. The van der Waals surface area contributed by atoms with E-state index in [2.05, 4.69) is 3.07 Å². The van der Waals surface area contributed by atoms with Crippen molar-refractivity contribution in [1.82, 2.24) is 0 Å². The summed E-state index contributed by atoms with van der Waals surface area (Å²) >= 11 is -1.39. The van der Waals surface area contributed by atoms with Crippen molar-refractivity contribution < 1.29 is 16.2 Å². The van der Waals surface area contributed by atoms with Crippen LogP contribution in [0.15, 0.2) is 30.3 Å². The zero-order valence-electron chi connectivity index (χ0n) is 5.81. The van der Waals surface area contributed by atoms with Gasteiger partial charge in [0.1, 0.15) is 0 Å². The van der Waals surface area contributed by atoms with Crippen LogP contribution in [0.5, 0.6) is 0 Å². The molecule has 0 N–H and O–H groups in total. The van der Waals surface area contributed by atoms with E-state index in [4.69, 9.17) is 0 Å². The van der Waals surface area contributed by atoms with Gasteiger partial charge in [0.2, 0.25) is 0 Å². The van der Waals surface area contributed by atoms with Crippen LogP contribution in [0.3, 0.4) is 0 Å². The highest BCUT2D eigenvalue weighted by Gasteiger charge is 2.29. The van der Waals surface area contributed by atoms with Crippen molar-refractivity contribution in [2.45, 2.75) is 6.36 Å². The van der Waals surface area contributed by atoms with E-state index in [-0.39, 0.29) is 0 Å². The van der Waals surface area contributed by atoms with Gasteiger partial charge in [-0.15, -0.1) is 13.2 Å². The molecule has 0 spiro atoms. The Morgan fingerprint density at radius 3 is 2.17 bits per heavy atom. The van der Waals surface area contributed by atoms with Crippen molar-refractivity contribution in [3.8, 4) is 0 Å². The third-order valence-corrected chi connectivity index (χ3v) is 2.90. The zero-order chi connectivity index (χ0) is 9.03. The summed E-state index contributed by atoms with van der Waals surface area (Å²) in [7, 11) is 0. The minimum absolute atomic E-state index is 0.619. The molecule has 0 saturated heterocycles. The lowest BCUT2D eigenvalue weighted by Gasteiger charge is -2.04. The van der Waals surface area contributed by atoms with Crippen LogP contribution in [0.1, 0.15) is 0 Å². The molecule has 1 nitrogen and oxygen atoms in total. The molecule has 0 unspecified atom stereocenters. The fourth-order valence-electron chi connectivity index (χ4n) is 0.554. The summed E-state index contributed by atoms with van der Waals surface area (Å²) in [6.45, 7) is 0. The summed E-state index contributed by atoms with van der Waals surface area (Å²) in [5, 5.41) is 0. The number of halogens is 4. The van der Waals surface area contributed by atoms with E-state index >= 15 is 0 Å². The van der Waals surface area contributed by atoms with E-state index in [1.54, 1.807) is 30.3 Å². The molecule has 0 saturated carbocycles. The Labute approximate surface area is 78.3 Å². The van der Waals surface area contributed by atoms with Crippen LogP contribution < -0.4 is 0 Å². The van der Waals surface area contributed by atoms with Crippen LogP contribution in [-0.2, 0) is 3.07 Å². The van der Waals surface area contributed by atoms with Gasteiger partial charge in [0.25, 0.3) is 0 Å². The highest BCUT2D eigenvalue weighted by Crippen LogP contribution is 2.32. The van der Waals surface area contributed by atoms with Gasteiger partial charge < -0.3 is 0 Å². The Bertz CT molecular complexity index is 234. The molecule has 0 aliphatic heterocycles. The summed E-state index contributed by atoms with van der Waals surface area (Å²) in [4.78, 5) is 0. The lowest BCUT2D eigenvalue weighted by atomic mass is 10.4. The molecule has 0 atom stereocenters. The van der Waals surface area contributed by atoms with Crippen molar-refractivity contribution >= 4 is 21.6 Å². The molecule has 0 aliphatic carbocycles. The van der Waals surface area contributed by atoms with Crippen molar-refractivity contribution in [3.63, 3.8) is 0 Å². The second kappa shape index (κ2) is 4.08. The van der Waals surface area contributed by atoms with Crippen LogP contribution in [0, 0.1) is 3.57 Å². The predicted molar refractivity (Wildman–Crippen MR) is 46.3 cm³/mol. The zero-order valence-corrected chi connectivity index (χ0v) is 7.96. The van der Waals surface area contributed by atoms with E-state index in [9.17, 15) is 13.2 Å². The standard InChI is InChI=1S/C7H5F3IO/c8-7(9,10)12-11-6-4-2-1-3-5-6/h1-5H. The number of hydrogen-bond donors (Lipinski definition) is 0. The third kappa shape index (κ3) is 3.91. The monoisotopic (exact) mass is 289 g/mol. The minimum atomic E-state index is -4.50. The van der Waals surface area contributed by atoms with Crippen LogP contribution >= 0.6 is 21.6 Å². The van der Waals surface area contributed by atoms with Crippen LogP contribution in [0.2, 0.25) is 0 Å². The van der Waals surface area contributed by atoms with Crippen molar-refractivity contribution in [2.24, 2.45) is 0 Å². The summed E-state index contributed by atoms with van der Waals surface area (Å²) in [6, 6.07) is 8.38. The molecular weight excluding hydrogens is 284 g/mol. The maximum absolute atomic E-state index is 11.5. The van der Waals surface area contributed by atoms with E-state index in [1.807, 2.05) is 0 Å². The topological polar surface area (TPSA) is 9.23 Å². The molecule has 1 radical (unpaired) electrons. The van der Waals surface area contributed by atoms with Crippen LogP contribution in [-0.4, -0.2) is 6.36 Å². The average Bonchev–Trinajstić information content (AvgIpc) is 2.02. The van der Waals surface area contributed by atoms with E-state index in [0.29, 0.717) is 3.57 Å². The normalized spacial score (nSPS) is 11.6. The molecule has 67 valence electrons. The molecule has 1 rings (SSSR count). The minimum Gasteiger partial charge on any atom is -0.228 e. The Hall–Kier alpha value is -0.300. The number of benzene rings is 1. The first-order valence-corrected chi connectivity index (χ1v) is 4.98. The maximum atomic E-state index is 11.5. The number of alkyl halides is 3. The molecule has 0 bridgehead atoms. The lowest BCUT2D eigenvalue weighted by Crippen LogP contribution is -2.06. The molecule has 0 amide bonds. The predicted octanol–water partition coefficient (Wildman–Crippen LogP) is 3.28. The summed E-state index contributed by atoms with van der Waals surface area (Å²) < 4.78 is 39.0. The first-order chi connectivity index (χ1) is 5.58. The van der Waals surface area contributed by atoms with Crippen LogP contribution in [0.25, 0.3) is 0 Å². The van der Waals surface area contributed by atoms with E-state index in [1.165, 1.54) is 0 Å². The molecule has 12 heavy (non-hydrogen) atoms. The Morgan fingerprint density at radius 1 is 1.08 bits per heavy atom. The van der Waals surface area contributed by atoms with E-state index < -0.39 is 28.0 Å². The first kappa shape index (κ1) is 9.79. The quantitative estimate of drug-likeness (QED) is 0.759. The van der Waals surface area contributed by atoms with Gasteiger partial charge in [-0.2, -0.15) is 0 Å². The summed E-state index contributed by atoms with van der Waals surface area (Å²) in [5.41, 5.74) is 0. The Balaban J connectivity index is 2.44. The molecule has 1 aromatic rings. The Kier molecular flexibility index (Phi) is 3.33. The van der Waals surface area contributed by atoms with Gasteiger partial charge in [-0.05, 0) is 12.1 Å². The van der Waals surface area contributed by atoms with Crippen molar-refractivity contribution in [1.29, 1.82) is 0 Å². The largest absolute Gasteiger partial charge is 0.531 e. The van der Waals surface area contributed by atoms with Gasteiger partial charge in [-0.25, -0.2) is 3.07 Å². The molecule has 5 heteroatoms. The fraction of sp³-hybridized carbons (Fsp3) is 0.143. The maximum Gasteiger partial charge on any atom is 0.531 e. The average molecular weight is 289 g/mol. The number of rotatable bonds is 2. The van der Waals surface area contributed by atoms with Gasteiger partial charge in [0.05, 0.1) is 21.6 Å². The second-order valence-corrected chi connectivity index (χ2v) is 4.02. The van der Waals surface area contributed by atoms with Crippen molar-refractivity contribution in [3.05, 3.63) is 33.9 Å². The SMILES string of the molecule is FC(F)(F)O[I]c1ccccc1. The molecule has 0 aliphatic rings. The smallest absolute Gasteiger partial charge is 0.228 e. The molecule has 1 aromatic carbocycles. The summed E-state index contributed by atoms with van der Waals surface area (Å²) in [5.74, 6) is 0. The van der Waals surface area contributed by atoms with Crippen molar-refractivity contribution in [2.75, 3.05) is 0 Å². The summed E-state index contributed by atoms with van der Waals surface area (Å²) in [6.07, 6.45) is -4.50. The Morgan fingerprint density at radius 2 is 1.67 bits per heavy atom. The van der Waals surface area contributed by atoms with E-state index in [0.717, 1.165) is 0 Å². The van der Waals surface area contributed by atoms with Gasteiger partial charge in [0.15, 0.2) is 0 Å². The molecule has 0 heterocycles. The first-order valence-electron chi connectivity index (χ1n) is 3.03. The fourth-order valence-corrected chi connectivity index (χ4v) is 1.77. The van der Waals surface area contributed by atoms with Gasteiger partial charge >= 0.3 is 6.36 Å². The van der Waals surface area contributed by atoms with Gasteiger partial charge in [-0.1, -0.05) is 18.2 Å². The molecule has 0 fully saturated rings. The molecular formula is C7H5F3IO. The second-order valence-electron chi connectivity index (χ2n) is 1.90. The number of hydrogen-bond acceptors (Lipinski definition) is 1.